The van der Waals surface area contributed by atoms with E-state index in [-0.39, 0.29) is 10.8 Å². The molecule has 0 radical (unpaired) electrons. The fraction of sp³-hybridized carbons (Fsp3) is 0.467. The number of carbonyl (C=O) groups excluding carboxylic acids is 3. The summed E-state index contributed by atoms with van der Waals surface area (Å²) >= 11 is 2.79. The van der Waals surface area contributed by atoms with Crippen LogP contribution in [0.25, 0.3) is 0 Å². The first-order valence-corrected chi connectivity index (χ1v) is 9.21. The summed E-state index contributed by atoms with van der Waals surface area (Å²) in [5.41, 5.74) is 0.366. The lowest BCUT2D eigenvalue weighted by molar-refractivity contribution is -0.155. The minimum atomic E-state index is -0.640. The Kier molecular flexibility index (Phi) is 4.51. The number of ether oxygens (including phenoxy) is 1. The molecule has 126 valence electrons. The lowest BCUT2D eigenvalue weighted by Gasteiger charge is -2.29. The SMILES string of the molecule is C[C@]12CCC(=O)N1[C@@H](C(=O)OCC(=O)Nc1sccc1C#N)CS2. The number of nitrogens with zero attached hydrogens (tertiary/aromatic N) is 2. The van der Waals surface area contributed by atoms with Crippen LogP contribution in [0.15, 0.2) is 11.4 Å². The Bertz CT molecular complexity index is 741. The number of nitriles is 1. The molecule has 1 aromatic heterocycles. The van der Waals surface area contributed by atoms with Crippen molar-refractivity contribution in [2.75, 3.05) is 17.7 Å². The highest BCUT2D eigenvalue weighted by Crippen LogP contribution is 2.47. The van der Waals surface area contributed by atoms with Crippen molar-refractivity contribution in [2.45, 2.75) is 30.7 Å². The maximum atomic E-state index is 12.2. The van der Waals surface area contributed by atoms with E-state index in [0.29, 0.717) is 22.7 Å². The van der Waals surface area contributed by atoms with Crippen LogP contribution in [0.4, 0.5) is 5.00 Å². The summed E-state index contributed by atoms with van der Waals surface area (Å²) in [7, 11) is 0. The smallest absolute Gasteiger partial charge is 0.330 e. The van der Waals surface area contributed by atoms with Crippen LogP contribution in [0.5, 0.6) is 0 Å². The molecule has 2 amide bonds. The van der Waals surface area contributed by atoms with E-state index in [2.05, 4.69) is 5.32 Å². The van der Waals surface area contributed by atoms with Crippen molar-refractivity contribution in [3.05, 3.63) is 17.0 Å². The summed E-state index contributed by atoms with van der Waals surface area (Å²) in [4.78, 5) is 37.4. The molecule has 0 aromatic carbocycles. The van der Waals surface area contributed by atoms with Crippen LogP contribution < -0.4 is 5.32 Å². The molecule has 3 heterocycles. The molecule has 2 saturated heterocycles. The monoisotopic (exact) mass is 365 g/mol. The first-order chi connectivity index (χ1) is 11.4. The van der Waals surface area contributed by atoms with Crippen LogP contribution in [0, 0.1) is 11.3 Å². The van der Waals surface area contributed by atoms with Crippen LogP contribution in [0.2, 0.25) is 0 Å². The maximum Gasteiger partial charge on any atom is 0.330 e. The van der Waals surface area contributed by atoms with Gasteiger partial charge >= 0.3 is 5.97 Å². The highest BCUT2D eigenvalue weighted by molar-refractivity contribution is 8.01. The van der Waals surface area contributed by atoms with E-state index in [1.165, 1.54) is 11.3 Å². The molecule has 0 aliphatic carbocycles. The van der Waals surface area contributed by atoms with Gasteiger partial charge in [-0.1, -0.05) is 0 Å². The quantitative estimate of drug-likeness (QED) is 0.813. The first kappa shape index (κ1) is 16.8. The number of amides is 2. The third-order valence-electron chi connectivity index (χ3n) is 4.10. The highest BCUT2D eigenvalue weighted by atomic mass is 32.2. The summed E-state index contributed by atoms with van der Waals surface area (Å²) in [6.07, 6.45) is 1.15. The molecule has 1 aromatic rings. The molecule has 2 atom stereocenters. The van der Waals surface area contributed by atoms with Gasteiger partial charge in [0.2, 0.25) is 5.91 Å². The zero-order valence-corrected chi connectivity index (χ0v) is 14.5. The largest absolute Gasteiger partial charge is 0.454 e. The number of carbonyl (C=O) groups is 3. The lowest BCUT2D eigenvalue weighted by Crippen LogP contribution is -2.47. The van der Waals surface area contributed by atoms with Gasteiger partial charge in [-0.2, -0.15) is 5.26 Å². The molecular weight excluding hydrogens is 350 g/mol. The number of esters is 1. The number of hydrogen-bond acceptors (Lipinski definition) is 7. The van der Waals surface area contributed by atoms with Crippen molar-refractivity contribution in [1.82, 2.24) is 4.90 Å². The molecule has 9 heteroatoms. The molecule has 2 aliphatic heterocycles. The Hall–Kier alpha value is -2.05. The van der Waals surface area contributed by atoms with Crippen molar-refractivity contribution in [2.24, 2.45) is 0 Å². The van der Waals surface area contributed by atoms with Gasteiger partial charge in [-0.05, 0) is 24.8 Å². The maximum absolute atomic E-state index is 12.2. The molecule has 0 unspecified atom stereocenters. The van der Waals surface area contributed by atoms with Crippen molar-refractivity contribution in [1.29, 1.82) is 5.26 Å². The lowest BCUT2D eigenvalue weighted by atomic mass is 10.2. The topological polar surface area (TPSA) is 99.5 Å². The number of fused-ring (bicyclic) bond motifs is 1. The predicted molar refractivity (Wildman–Crippen MR) is 89.4 cm³/mol. The number of anilines is 1. The second kappa shape index (κ2) is 6.45. The average molecular weight is 365 g/mol. The summed E-state index contributed by atoms with van der Waals surface area (Å²) in [5, 5.41) is 13.6. The van der Waals surface area contributed by atoms with E-state index in [9.17, 15) is 14.4 Å². The van der Waals surface area contributed by atoms with Crippen molar-refractivity contribution in [3.8, 4) is 6.07 Å². The molecular formula is C15H15N3O4S2. The van der Waals surface area contributed by atoms with Crippen molar-refractivity contribution < 1.29 is 19.1 Å². The van der Waals surface area contributed by atoms with Crippen molar-refractivity contribution in [3.63, 3.8) is 0 Å². The molecule has 0 spiro atoms. The van der Waals surface area contributed by atoms with Crippen LogP contribution in [-0.2, 0) is 19.1 Å². The standard InChI is InChI=1S/C15H15N3O4S2/c1-15-4-2-12(20)18(15)10(8-24-15)14(21)22-7-11(19)17-13-9(6-16)3-5-23-13/h3,5,10H,2,4,7-8H2,1H3,(H,17,19)/t10-,15+/m1/s1. The third kappa shape index (κ3) is 2.99. The van der Waals surface area contributed by atoms with E-state index < -0.39 is 24.5 Å². The summed E-state index contributed by atoms with van der Waals surface area (Å²) in [6.45, 7) is 1.50. The summed E-state index contributed by atoms with van der Waals surface area (Å²) < 4.78 is 5.08. The van der Waals surface area contributed by atoms with Crippen molar-refractivity contribution >= 4 is 45.9 Å². The Morgan fingerprint density at radius 3 is 3.12 bits per heavy atom. The molecule has 3 rings (SSSR count). The van der Waals surface area contributed by atoms with Gasteiger partial charge in [0.15, 0.2) is 6.61 Å². The van der Waals surface area contributed by atoms with Gasteiger partial charge in [-0.25, -0.2) is 4.79 Å². The Morgan fingerprint density at radius 2 is 2.38 bits per heavy atom. The number of rotatable bonds is 4. The fourth-order valence-electron chi connectivity index (χ4n) is 2.88. The van der Waals surface area contributed by atoms with Gasteiger partial charge in [0.25, 0.3) is 5.91 Å². The molecule has 2 fully saturated rings. The highest BCUT2D eigenvalue weighted by Gasteiger charge is 2.53. The van der Waals surface area contributed by atoms with E-state index in [1.54, 1.807) is 28.1 Å². The Balaban J connectivity index is 1.55. The van der Waals surface area contributed by atoms with E-state index in [4.69, 9.17) is 10.00 Å². The minimum absolute atomic E-state index is 0.0499. The summed E-state index contributed by atoms with van der Waals surface area (Å²) in [5.74, 6) is -0.649. The normalized spacial score (nSPS) is 25.2. The van der Waals surface area contributed by atoms with Gasteiger partial charge in [0.05, 0.1) is 10.4 Å². The zero-order valence-electron chi connectivity index (χ0n) is 12.9. The number of nitrogens with one attached hydrogen (secondary N) is 1. The number of hydrogen-bond donors (Lipinski definition) is 1. The Labute approximate surface area is 146 Å². The zero-order chi connectivity index (χ0) is 17.3. The molecule has 0 saturated carbocycles. The second-order valence-electron chi connectivity index (χ2n) is 5.70. The molecule has 24 heavy (non-hydrogen) atoms. The van der Waals surface area contributed by atoms with Gasteiger partial charge in [0.1, 0.15) is 17.1 Å². The molecule has 7 nitrogen and oxygen atoms in total. The van der Waals surface area contributed by atoms with Gasteiger partial charge in [-0.3, -0.25) is 9.59 Å². The van der Waals surface area contributed by atoms with Gasteiger partial charge in [-0.15, -0.1) is 23.1 Å². The van der Waals surface area contributed by atoms with Crippen LogP contribution in [-0.4, -0.2) is 46.0 Å². The van der Waals surface area contributed by atoms with Crippen LogP contribution in [0.1, 0.15) is 25.3 Å². The van der Waals surface area contributed by atoms with E-state index in [1.807, 2.05) is 13.0 Å². The molecule has 0 bridgehead atoms. The van der Waals surface area contributed by atoms with Gasteiger partial charge in [0, 0.05) is 12.2 Å². The van der Waals surface area contributed by atoms with E-state index in [0.717, 1.165) is 6.42 Å². The number of thiophene rings is 1. The number of thioether (sulfide) groups is 1. The first-order valence-electron chi connectivity index (χ1n) is 7.35. The minimum Gasteiger partial charge on any atom is -0.454 e. The fourth-order valence-corrected chi connectivity index (χ4v) is 5.06. The Morgan fingerprint density at radius 1 is 1.58 bits per heavy atom. The summed E-state index contributed by atoms with van der Waals surface area (Å²) in [6, 6.07) is 2.93. The van der Waals surface area contributed by atoms with E-state index >= 15 is 0 Å². The van der Waals surface area contributed by atoms with Crippen LogP contribution >= 0.6 is 23.1 Å². The average Bonchev–Trinajstić information content (AvgIpc) is 3.21. The second-order valence-corrected chi connectivity index (χ2v) is 8.11. The third-order valence-corrected chi connectivity index (χ3v) is 6.44. The molecule has 2 aliphatic rings. The van der Waals surface area contributed by atoms with Crippen LogP contribution in [0.3, 0.4) is 0 Å². The van der Waals surface area contributed by atoms with Gasteiger partial charge < -0.3 is 15.0 Å². The predicted octanol–water partition coefficient (Wildman–Crippen LogP) is 1.56. The molecule has 1 N–H and O–H groups in total.